The van der Waals surface area contributed by atoms with Crippen molar-refractivity contribution >= 4 is 12.0 Å². The summed E-state index contributed by atoms with van der Waals surface area (Å²) < 4.78 is 26.9. The van der Waals surface area contributed by atoms with Gasteiger partial charge in [-0.1, -0.05) is 12.1 Å². The van der Waals surface area contributed by atoms with Crippen molar-refractivity contribution < 1.29 is 59.1 Å². The van der Waals surface area contributed by atoms with Gasteiger partial charge in [0.15, 0.2) is 6.29 Å². The number of rotatable bonds is 7. The number of aliphatic hydroxyl groups excluding tert-OH is 4. The lowest BCUT2D eigenvalue weighted by Crippen LogP contribution is -2.62. The number of ether oxygens (including phenoxy) is 5. The Labute approximate surface area is 212 Å². The first-order chi connectivity index (χ1) is 17.5. The van der Waals surface area contributed by atoms with E-state index in [-0.39, 0.29) is 6.42 Å². The van der Waals surface area contributed by atoms with Gasteiger partial charge in [-0.05, 0) is 36.8 Å². The fourth-order valence-electron chi connectivity index (χ4n) is 4.92. The number of carbonyl (C=O) groups is 1. The molecule has 1 aromatic carbocycles. The maximum absolute atomic E-state index is 12.2. The molecule has 4 rings (SSSR count). The van der Waals surface area contributed by atoms with Crippen LogP contribution in [0.5, 0.6) is 5.75 Å². The molecule has 1 aliphatic carbocycles. The van der Waals surface area contributed by atoms with Crippen LogP contribution >= 0.6 is 0 Å². The third-order valence-electron chi connectivity index (χ3n) is 6.98. The highest BCUT2D eigenvalue weighted by molar-refractivity contribution is 5.87. The Morgan fingerprint density at radius 3 is 2.46 bits per heavy atom. The van der Waals surface area contributed by atoms with Crippen molar-refractivity contribution in [3.05, 3.63) is 48.2 Å². The summed E-state index contributed by atoms with van der Waals surface area (Å²) in [7, 11) is 1.54. The number of benzene rings is 1. The third kappa shape index (κ3) is 5.52. The average molecular weight is 525 g/mol. The van der Waals surface area contributed by atoms with E-state index in [0.29, 0.717) is 11.3 Å². The Balaban J connectivity index is 1.39. The van der Waals surface area contributed by atoms with Gasteiger partial charge in [-0.15, -0.1) is 0 Å². The number of carbonyl (C=O) groups excluding carboxylic acids is 1. The van der Waals surface area contributed by atoms with Crippen LogP contribution in [0.4, 0.5) is 0 Å². The molecule has 1 aromatic rings. The van der Waals surface area contributed by atoms with E-state index >= 15 is 0 Å². The summed E-state index contributed by atoms with van der Waals surface area (Å²) in [6.45, 7) is 0.919. The highest BCUT2D eigenvalue weighted by atomic mass is 16.8. The second kappa shape index (κ2) is 10.7. The Bertz CT molecular complexity index is 1010. The van der Waals surface area contributed by atoms with Gasteiger partial charge in [0.2, 0.25) is 6.29 Å². The van der Waals surface area contributed by atoms with Crippen molar-refractivity contribution in [2.75, 3.05) is 13.7 Å². The average Bonchev–Trinajstić information content (AvgIpc) is 3.06. The van der Waals surface area contributed by atoms with E-state index in [4.69, 9.17) is 23.7 Å². The molecule has 1 saturated carbocycles. The van der Waals surface area contributed by atoms with E-state index in [9.17, 15) is 35.4 Å². The molecule has 2 fully saturated rings. The molecule has 3 aliphatic rings. The SMILES string of the molecule is COc1ccc(/C=C/C(=O)OC[C@H]2O[C@@H](O[C@H]3OC=C[C@@]4(O)[C@@H]3[C@](C)(O)C[C@@H]4O)[C@H](O)[C@@H](O)[C@@H]2O)cc1. The van der Waals surface area contributed by atoms with Crippen LogP contribution in [0.3, 0.4) is 0 Å². The first-order valence-corrected chi connectivity index (χ1v) is 11.8. The van der Waals surface area contributed by atoms with E-state index in [1.54, 1.807) is 24.3 Å². The first-order valence-electron chi connectivity index (χ1n) is 11.8. The van der Waals surface area contributed by atoms with Gasteiger partial charge in [0.05, 0.1) is 31.0 Å². The Kier molecular flexibility index (Phi) is 7.93. The normalized spacial score (nSPS) is 41.3. The van der Waals surface area contributed by atoms with Crippen molar-refractivity contribution in [2.24, 2.45) is 5.92 Å². The molecular weight excluding hydrogens is 492 g/mol. The molecule has 0 aromatic heterocycles. The van der Waals surface area contributed by atoms with Gasteiger partial charge in [0.1, 0.15) is 42.4 Å². The minimum Gasteiger partial charge on any atom is -0.497 e. The molecule has 0 spiro atoms. The summed E-state index contributed by atoms with van der Waals surface area (Å²) in [6.07, 6.45) is -5.83. The topological polar surface area (TPSA) is 185 Å². The lowest BCUT2D eigenvalue weighted by atomic mass is 9.81. The molecule has 204 valence electrons. The first kappa shape index (κ1) is 27.5. The predicted octanol–water partition coefficient (Wildman–Crippen LogP) is -1.19. The molecule has 1 saturated heterocycles. The van der Waals surface area contributed by atoms with Crippen LogP contribution in [0.25, 0.3) is 6.08 Å². The maximum atomic E-state index is 12.2. The quantitative estimate of drug-likeness (QED) is 0.185. The molecule has 0 radical (unpaired) electrons. The lowest BCUT2D eigenvalue weighted by Gasteiger charge is -2.45. The van der Waals surface area contributed by atoms with Crippen LogP contribution in [0.2, 0.25) is 0 Å². The molecule has 12 nitrogen and oxygen atoms in total. The minimum absolute atomic E-state index is 0.167. The van der Waals surface area contributed by atoms with Crippen LogP contribution in [0.15, 0.2) is 42.7 Å². The van der Waals surface area contributed by atoms with Gasteiger partial charge in [0, 0.05) is 12.5 Å². The van der Waals surface area contributed by atoms with Crippen LogP contribution in [-0.4, -0.2) is 105 Å². The highest BCUT2D eigenvalue weighted by Gasteiger charge is 2.64. The zero-order valence-electron chi connectivity index (χ0n) is 20.3. The van der Waals surface area contributed by atoms with Gasteiger partial charge in [-0.3, -0.25) is 0 Å². The predicted molar refractivity (Wildman–Crippen MR) is 124 cm³/mol. The zero-order chi connectivity index (χ0) is 27.0. The van der Waals surface area contributed by atoms with Gasteiger partial charge in [0.25, 0.3) is 0 Å². The van der Waals surface area contributed by atoms with E-state index < -0.39 is 72.8 Å². The van der Waals surface area contributed by atoms with Gasteiger partial charge in [-0.2, -0.15) is 0 Å². The summed E-state index contributed by atoms with van der Waals surface area (Å²) in [5.74, 6) is -1.25. The number of aliphatic hydroxyl groups is 6. The van der Waals surface area contributed by atoms with Crippen molar-refractivity contribution in [3.8, 4) is 5.75 Å². The fourth-order valence-corrected chi connectivity index (χ4v) is 4.92. The summed E-state index contributed by atoms with van der Waals surface area (Å²) >= 11 is 0. The molecule has 10 atom stereocenters. The van der Waals surface area contributed by atoms with E-state index in [0.717, 1.165) is 6.26 Å². The summed E-state index contributed by atoms with van der Waals surface area (Å²) in [5.41, 5.74) is -2.75. The second-order valence-corrected chi connectivity index (χ2v) is 9.64. The van der Waals surface area contributed by atoms with Crippen LogP contribution in [0.1, 0.15) is 18.9 Å². The molecule has 2 aliphatic heterocycles. The van der Waals surface area contributed by atoms with Gasteiger partial charge >= 0.3 is 5.97 Å². The van der Waals surface area contributed by atoms with Gasteiger partial charge in [-0.25, -0.2) is 4.79 Å². The van der Waals surface area contributed by atoms with E-state index in [2.05, 4.69) is 0 Å². The monoisotopic (exact) mass is 524 g/mol. The standard InChI is InChI=1S/C25H32O12/c1-24(31)11-16(26)25(32)9-10-34-23(21(24)25)37-22-20(30)19(29)18(28)15(36-22)12-35-17(27)8-5-13-3-6-14(33-2)7-4-13/h3-10,15-16,18-23,26,28-32H,11-12H2,1-2H3/b8-5+/t15-,16+,18-,19+,20-,21+,22+,23-,24-,25+/m1/s1. The minimum atomic E-state index is -1.87. The van der Waals surface area contributed by atoms with Crippen molar-refractivity contribution in [1.29, 1.82) is 0 Å². The summed E-state index contributed by atoms with van der Waals surface area (Å²) in [6, 6.07) is 6.92. The van der Waals surface area contributed by atoms with Gasteiger partial charge < -0.3 is 54.3 Å². The zero-order valence-corrected chi connectivity index (χ0v) is 20.3. The van der Waals surface area contributed by atoms with E-state index in [1.165, 1.54) is 32.3 Å². The third-order valence-corrected chi connectivity index (χ3v) is 6.98. The fraction of sp³-hybridized carbons (Fsp3) is 0.560. The summed E-state index contributed by atoms with van der Waals surface area (Å²) in [4.78, 5) is 12.2. The largest absolute Gasteiger partial charge is 0.497 e. The molecule has 0 unspecified atom stereocenters. The van der Waals surface area contributed by atoms with E-state index in [1.807, 2.05) is 0 Å². The van der Waals surface area contributed by atoms with Crippen molar-refractivity contribution in [3.63, 3.8) is 0 Å². The number of hydrogen-bond donors (Lipinski definition) is 6. The Morgan fingerprint density at radius 2 is 1.78 bits per heavy atom. The van der Waals surface area contributed by atoms with Crippen LogP contribution < -0.4 is 4.74 Å². The summed E-state index contributed by atoms with van der Waals surface area (Å²) in [5, 5.41) is 63.1. The number of methoxy groups -OCH3 is 1. The number of esters is 1. The smallest absolute Gasteiger partial charge is 0.330 e. The van der Waals surface area contributed by atoms with Crippen molar-refractivity contribution in [1.82, 2.24) is 0 Å². The van der Waals surface area contributed by atoms with Crippen molar-refractivity contribution in [2.45, 2.75) is 67.6 Å². The molecule has 0 amide bonds. The molecular formula is C25H32O12. The lowest BCUT2D eigenvalue weighted by molar-refractivity contribution is -0.351. The second-order valence-electron chi connectivity index (χ2n) is 9.64. The number of fused-ring (bicyclic) bond motifs is 1. The Hall–Kier alpha value is -2.55. The van der Waals surface area contributed by atoms with Crippen LogP contribution in [-0.2, 0) is 23.7 Å². The molecule has 2 heterocycles. The molecule has 0 bridgehead atoms. The number of hydrogen-bond acceptors (Lipinski definition) is 12. The molecule has 6 N–H and O–H groups in total. The Morgan fingerprint density at radius 1 is 1.08 bits per heavy atom. The molecule has 37 heavy (non-hydrogen) atoms. The molecule has 12 heteroatoms. The maximum Gasteiger partial charge on any atom is 0.330 e. The highest BCUT2D eigenvalue weighted by Crippen LogP contribution is 2.49. The van der Waals surface area contributed by atoms with Crippen LogP contribution in [0, 0.1) is 5.92 Å².